The van der Waals surface area contributed by atoms with Crippen molar-refractivity contribution in [1.82, 2.24) is 10.2 Å². The van der Waals surface area contributed by atoms with E-state index < -0.39 is 0 Å². The lowest BCUT2D eigenvalue weighted by molar-refractivity contribution is -0.121. The van der Waals surface area contributed by atoms with Crippen molar-refractivity contribution < 1.29 is 9.90 Å². The number of benzene rings is 1. The normalized spacial score (nSPS) is 10.8. The molecule has 112 valence electrons. The van der Waals surface area contributed by atoms with Crippen molar-refractivity contribution in [2.45, 2.75) is 39.8 Å². The number of nitrogens with one attached hydrogen (secondary N) is 1. The van der Waals surface area contributed by atoms with Crippen LogP contribution in [0.25, 0.3) is 0 Å². The van der Waals surface area contributed by atoms with E-state index in [4.69, 9.17) is 5.11 Å². The molecule has 20 heavy (non-hydrogen) atoms. The zero-order chi connectivity index (χ0) is 14.8. The van der Waals surface area contributed by atoms with Crippen LogP contribution < -0.4 is 5.32 Å². The first-order chi connectivity index (χ1) is 9.71. The first-order valence-corrected chi connectivity index (χ1v) is 7.37. The molecule has 0 bridgehead atoms. The maximum Gasteiger partial charge on any atom is 0.220 e. The van der Waals surface area contributed by atoms with Gasteiger partial charge in [0.15, 0.2) is 0 Å². The number of amides is 1. The summed E-state index contributed by atoms with van der Waals surface area (Å²) in [5.41, 5.74) is 2.43. The van der Waals surface area contributed by atoms with Crippen LogP contribution in [-0.2, 0) is 17.9 Å². The largest absolute Gasteiger partial charge is 0.396 e. The molecule has 1 rings (SSSR count). The fraction of sp³-hybridized carbons (Fsp3) is 0.562. The van der Waals surface area contributed by atoms with Crippen LogP contribution >= 0.6 is 0 Å². The van der Waals surface area contributed by atoms with Crippen molar-refractivity contribution in [2.75, 3.05) is 19.7 Å². The summed E-state index contributed by atoms with van der Waals surface area (Å²) in [4.78, 5) is 13.9. The molecule has 0 heterocycles. The Morgan fingerprint density at radius 1 is 1.20 bits per heavy atom. The molecule has 0 spiro atoms. The van der Waals surface area contributed by atoms with Gasteiger partial charge in [-0.15, -0.1) is 0 Å². The molecule has 0 aliphatic carbocycles. The molecule has 1 aromatic rings. The molecule has 4 nitrogen and oxygen atoms in total. The minimum Gasteiger partial charge on any atom is -0.396 e. The third-order valence-electron chi connectivity index (χ3n) is 3.44. The van der Waals surface area contributed by atoms with E-state index in [1.54, 1.807) is 0 Å². The Bertz CT molecular complexity index is 403. The third kappa shape index (κ3) is 5.72. The Morgan fingerprint density at radius 2 is 1.85 bits per heavy atom. The van der Waals surface area contributed by atoms with Crippen molar-refractivity contribution in [3.8, 4) is 0 Å². The van der Waals surface area contributed by atoms with Crippen molar-refractivity contribution >= 4 is 5.91 Å². The van der Waals surface area contributed by atoms with Gasteiger partial charge in [0.2, 0.25) is 5.91 Å². The summed E-state index contributed by atoms with van der Waals surface area (Å²) >= 11 is 0. The minimum absolute atomic E-state index is 0.00306. The van der Waals surface area contributed by atoms with Crippen molar-refractivity contribution in [1.29, 1.82) is 0 Å². The van der Waals surface area contributed by atoms with Crippen LogP contribution in [0.4, 0.5) is 0 Å². The minimum atomic E-state index is -0.00306. The molecule has 0 atom stereocenters. The lowest BCUT2D eigenvalue weighted by Crippen LogP contribution is -2.26. The number of rotatable bonds is 9. The maximum atomic E-state index is 11.6. The van der Waals surface area contributed by atoms with Crippen LogP contribution in [0.3, 0.4) is 0 Å². The number of aliphatic hydroxyl groups is 1. The molecule has 1 aromatic carbocycles. The molecule has 0 saturated carbocycles. The fourth-order valence-electron chi connectivity index (χ4n) is 2.09. The number of hydrogen-bond acceptors (Lipinski definition) is 3. The molecule has 1 amide bonds. The Balaban J connectivity index is 2.59. The fourth-order valence-corrected chi connectivity index (χ4v) is 2.09. The quantitative estimate of drug-likeness (QED) is 0.725. The zero-order valence-electron chi connectivity index (χ0n) is 12.6. The highest BCUT2D eigenvalue weighted by molar-refractivity contribution is 5.75. The highest BCUT2D eigenvalue weighted by atomic mass is 16.3. The molecule has 0 unspecified atom stereocenters. The van der Waals surface area contributed by atoms with E-state index in [-0.39, 0.29) is 12.5 Å². The average molecular weight is 278 g/mol. The van der Waals surface area contributed by atoms with Gasteiger partial charge in [-0.3, -0.25) is 9.69 Å². The number of carbonyl (C=O) groups excluding carboxylic acids is 1. The predicted molar refractivity (Wildman–Crippen MR) is 81.2 cm³/mol. The van der Waals surface area contributed by atoms with E-state index in [2.05, 4.69) is 36.2 Å². The lowest BCUT2D eigenvalue weighted by atomic mass is 10.1. The lowest BCUT2D eigenvalue weighted by Gasteiger charge is -2.20. The Hall–Kier alpha value is -1.39. The van der Waals surface area contributed by atoms with Gasteiger partial charge < -0.3 is 10.4 Å². The Labute approximate surface area is 121 Å². The molecule has 0 aromatic heterocycles. The molecule has 0 saturated heterocycles. The molecular formula is C16H26N2O2. The number of aliphatic hydroxyl groups excluding tert-OH is 1. The van der Waals surface area contributed by atoms with Crippen molar-refractivity contribution in [2.24, 2.45) is 0 Å². The summed E-state index contributed by atoms with van der Waals surface area (Å²) in [5, 5.41) is 11.6. The van der Waals surface area contributed by atoms with Crippen LogP contribution in [0.15, 0.2) is 24.3 Å². The summed E-state index contributed by atoms with van der Waals surface area (Å²) in [6.07, 6.45) is 0.904. The van der Waals surface area contributed by atoms with Gasteiger partial charge in [0, 0.05) is 26.1 Å². The monoisotopic (exact) mass is 278 g/mol. The first-order valence-electron chi connectivity index (χ1n) is 7.37. The second-order valence-electron chi connectivity index (χ2n) is 4.83. The van der Waals surface area contributed by atoms with Crippen LogP contribution in [-0.4, -0.2) is 35.6 Å². The SMILES string of the molecule is CCN(CC)Cc1ccccc1CNC(=O)CCCO. The number of carbonyl (C=O) groups is 1. The summed E-state index contributed by atoms with van der Waals surface area (Å²) in [6, 6.07) is 8.22. The van der Waals surface area contributed by atoms with Gasteiger partial charge in [0.05, 0.1) is 0 Å². The highest BCUT2D eigenvalue weighted by Gasteiger charge is 2.07. The van der Waals surface area contributed by atoms with Crippen LogP contribution in [0.5, 0.6) is 0 Å². The van der Waals surface area contributed by atoms with Gasteiger partial charge in [0.1, 0.15) is 0 Å². The number of hydrogen-bond donors (Lipinski definition) is 2. The van der Waals surface area contributed by atoms with Crippen molar-refractivity contribution in [3.05, 3.63) is 35.4 Å². The molecule has 4 heteroatoms. The van der Waals surface area contributed by atoms with Crippen molar-refractivity contribution in [3.63, 3.8) is 0 Å². The molecule has 0 aliphatic heterocycles. The topological polar surface area (TPSA) is 52.6 Å². The van der Waals surface area contributed by atoms with Crippen LogP contribution in [0, 0.1) is 0 Å². The first kappa shape index (κ1) is 16.7. The summed E-state index contributed by atoms with van der Waals surface area (Å²) in [7, 11) is 0. The van der Waals surface area contributed by atoms with E-state index in [0.29, 0.717) is 19.4 Å². The molecule has 0 radical (unpaired) electrons. The third-order valence-corrected chi connectivity index (χ3v) is 3.44. The van der Waals surface area contributed by atoms with E-state index in [1.807, 2.05) is 12.1 Å². The summed E-state index contributed by atoms with van der Waals surface area (Å²) in [6.45, 7) is 7.89. The number of nitrogens with zero attached hydrogens (tertiary/aromatic N) is 1. The summed E-state index contributed by atoms with van der Waals surface area (Å²) in [5.74, 6) is -0.00306. The van der Waals surface area contributed by atoms with Gasteiger partial charge in [0.25, 0.3) is 0 Å². The van der Waals surface area contributed by atoms with Gasteiger partial charge in [-0.25, -0.2) is 0 Å². The second-order valence-corrected chi connectivity index (χ2v) is 4.83. The van der Waals surface area contributed by atoms with Gasteiger partial charge in [-0.2, -0.15) is 0 Å². The highest BCUT2D eigenvalue weighted by Crippen LogP contribution is 2.11. The van der Waals surface area contributed by atoms with E-state index in [9.17, 15) is 4.79 Å². The average Bonchev–Trinajstić information content (AvgIpc) is 2.49. The molecule has 2 N–H and O–H groups in total. The zero-order valence-corrected chi connectivity index (χ0v) is 12.6. The second kappa shape index (κ2) is 9.50. The smallest absolute Gasteiger partial charge is 0.220 e. The van der Waals surface area contributed by atoms with Crippen LogP contribution in [0.2, 0.25) is 0 Å². The standard InChI is InChI=1S/C16H26N2O2/c1-3-18(4-2)13-15-9-6-5-8-14(15)12-17-16(20)10-7-11-19/h5-6,8-9,19H,3-4,7,10-13H2,1-2H3,(H,17,20). The van der Waals surface area contributed by atoms with E-state index >= 15 is 0 Å². The van der Waals surface area contributed by atoms with Crippen LogP contribution in [0.1, 0.15) is 37.8 Å². The summed E-state index contributed by atoms with van der Waals surface area (Å²) < 4.78 is 0. The van der Waals surface area contributed by atoms with E-state index in [0.717, 1.165) is 25.2 Å². The van der Waals surface area contributed by atoms with E-state index in [1.165, 1.54) is 5.56 Å². The Kier molecular flexibility index (Phi) is 7.92. The molecular weight excluding hydrogens is 252 g/mol. The molecule has 0 fully saturated rings. The Morgan fingerprint density at radius 3 is 2.45 bits per heavy atom. The molecule has 0 aliphatic rings. The maximum absolute atomic E-state index is 11.6. The van der Waals surface area contributed by atoms with Gasteiger partial charge >= 0.3 is 0 Å². The predicted octanol–water partition coefficient (Wildman–Crippen LogP) is 1.92. The van der Waals surface area contributed by atoms with Gasteiger partial charge in [-0.1, -0.05) is 38.1 Å². The van der Waals surface area contributed by atoms with Gasteiger partial charge in [-0.05, 0) is 30.6 Å².